The highest BCUT2D eigenvalue weighted by atomic mass is 35.5. The van der Waals surface area contributed by atoms with E-state index in [1.54, 1.807) is 55.5 Å². The molecular formula is C30H33Cl2N3O4S. The van der Waals surface area contributed by atoms with Crippen molar-refractivity contribution in [1.82, 2.24) is 10.2 Å². The van der Waals surface area contributed by atoms with Crippen LogP contribution in [0.15, 0.2) is 77.7 Å². The first-order valence-corrected chi connectivity index (χ1v) is 15.4. The van der Waals surface area contributed by atoms with Crippen LogP contribution in [0.5, 0.6) is 0 Å². The van der Waals surface area contributed by atoms with Crippen LogP contribution in [0, 0.1) is 6.92 Å². The summed E-state index contributed by atoms with van der Waals surface area (Å²) in [5.41, 5.74) is 1.92. The van der Waals surface area contributed by atoms with E-state index in [1.165, 1.54) is 29.2 Å². The van der Waals surface area contributed by atoms with Crippen molar-refractivity contribution in [3.63, 3.8) is 0 Å². The normalized spacial score (nSPS) is 14.5. The zero-order chi connectivity index (χ0) is 28.9. The van der Waals surface area contributed by atoms with Crippen LogP contribution in [0.3, 0.4) is 0 Å². The van der Waals surface area contributed by atoms with Crippen molar-refractivity contribution in [2.24, 2.45) is 0 Å². The molecule has 3 aromatic carbocycles. The molecule has 7 nitrogen and oxygen atoms in total. The highest BCUT2D eigenvalue weighted by Crippen LogP contribution is 2.27. The third kappa shape index (κ3) is 7.16. The van der Waals surface area contributed by atoms with Gasteiger partial charge in [0, 0.05) is 22.6 Å². The summed E-state index contributed by atoms with van der Waals surface area (Å²) in [6.45, 7) is 3.08. The standard InChI is InChI=1S/C30H33Cl2N3O4S/c1-21-11-15-26(16-12-21)35(40(38,39)27-17-13-24(31)14-18-27)20-29(36)34(19-23-7-3-6-10-28(23)32)22(2)30(37)33-25-8-4-5-9-25/h3,6-7,10-18,22,25H,4-5,8-9,19-20H2,1-2H3,(H,33,37)/t22-/m1/s1. The van der Waals surface area contributed by atoms with E-state index in [-0.39, 0.29) is 23.4 Å². The van der Waals surface area contributed by atoms with Crippen LogP contribution >= 0.6 is 23.2 Å². The Bertz CT molecular complexity index is 1440. The maximum absolute atomic E-state index is 14.0. The average molecular weight is 603 g/mol. The van der Waals surface area contributed by atoms with Crippen LogP contribution in [-0.2, 0) is 26.2 Å². The van der Waals surface area contributed by atoms with Gasteiger partial charge in [0.1, 0.15) is 12.6 Å². The van der Waals surface area contributed by atoms with Crippen LogP contribution in [0.2, 0.25) is 10.0 Å². The van der Waals surface area contributed by atoms with Gasteiger partial charge in [0.15, 0.2) is 0 Å². The van der Waals surface area contributed by atoms with Crippen molar-refractivity contribution >= 4 is 50.7 Å². The summed E-state index contributed by atoms with van der Waals surface area (Å²) in [5.74, 6) is -0.818. The number of benzene rings is 3. The molecule has 40 heavy (non-hydrogen) atoms. The van der Waals surface area contributed by atoms with Crippen molar-refractivity contribution in [2.75, 3.05) is 10.8 Å². The van der Waals surface area contributed by atoms with Crippen LogP contribution < -0.4 is 9.62 Å². The van der Waals surface area contributed by atoms with Gasteiger partial charge in [-0.1, -0.05) is 71.9 Å². The molecule has 0 aliphatic heterocycles. The van der Waals surface area contributed by atoms with Crippen molar-refractivity contribution in [1.29, 1.82) is 0 Å². The van der Waals surface area contributed by atoms with Gasteiger partial charge >= 0.3 is 0 Å². The molecule has 0 aromatic heterocycles. The molecule has 1 aliphatic rings. The molecular weight excluding hydrogens is 569 g/mol. The predicted octanol–water partition coefficient (Wildman–Crippen LogP) is 5.97. The summed E-state index contributed by atoms with van der Waals surface area (Å²) < 4.78 is 28.8. The highest BCUT2D eigenvalue weighted by Gasteiger charge is 2.33. The second-order valence-electron chi connectivity index (χ2n) is 10.1. The lowest BCUT2D eigenvalue weighted by Gasteiger charge is -2.32. The van der Waals surface area contributed by atoms with Crippen LogP contribution in [-0.4, -0.2) is 43.8 Å². The van der Waals surface area contributed by atoms with Gasteiger partial charge in [0.2, 0.25) is 11.8 Å². The van der Waals surface area contributed by atoms with E-state index >= 15 is 0 Å². The zero-order valence-electron chi connectivity index (χ0n) is 22.5. The Morgan fingerprint density at radius 2 is 1.57 bits per heavy atom. The summed E-state index contributed by atoms with van der Waals surface area (Å²) in [6.07, 6.45) is 3.90. The molecule has 212 valence electrons. The second-order valence-corrected chi connectivity index (χ2v) is 12.8. The van der Waals surface area contributed by atoms with E-state index < -0.39 is 28.5 Å². The van der Waals surface area contributed by atoms with E-state index in [1.807, 2.05) is 6.92 Å². The minimum Gasteiger partial charge on any atom is -0.352 e. The van der Waals surface area contributed by atoms with Gasteiger partial charge in [0.05, 0.1) is 10.6 Å². The minimum absolute atomic E-state index is 0.00467. The lowest BCUT2D eigenvalue weighted by Crippen LogP contribution is -2.52. The Morgan fingerprint density at radius 1 is 0.950 bits per heavy atom. The highest BCUT2D eigenvalue weighted by molar-refractivity contribution is 7.92. The molecule has 1 atom stereocenters. The van der Waals surface area contributed by atoms with Gasteiger partial charge in [-0.2, -0.15) is 0 Å². The van der Waals surface area contributed by atoms with E-state index in [0.29, 0.717) is 21.3 Å². The number of amides is 2. The first-order chi connectivity index (χ1) is 19.1. The summed E-state index contributed by atoms with van der Waals surface area (Å²) >= 11 is 12.4. The van der Waals surface area contributed by atoms with Crippen molar-refractivity contribution in [2.45, 2.75) is 63.1 Å². The Morgan fingerprint density at radius 3 is 2.20 bits per heavy atom. The maximum Gasteiger partial charge on any atom is 0.264 e. The van der Waals surface area contributed by atoms with E-state index in [9.17, 15) is 18.0 Å². The van der Waals surface area contributed by atoms with E-state index in [2.05, 4.69) is 5.32 Å². The second kappa shape index (κ2) is 13.1. The summed E-state index contributed by atoms with van der Waals surface area (Å²) in [7, 11) is -4.16. The Labute approximate surface area is 246 Å². The number of hydrogen-bond donors (Lipinski definition) is 1. The third-order valence-corrected chi connectivity index (χ3v) is 9.58. The number of rotatable bonds is 10. The summed E-state index contributed by atoms with van der Waals surface area (Å²) in [6, 6.07) is 19.0. The Kier molecular flexibility index (Phi) is 9.77. The van der Waals surface area contributed by atoms with Crippen molar-refractivity contribution < 1.29 is 18.0 Å². The quantitative estimate of drug-likeness (QED) is 0.310. The van der Waals surface area contributed by atoms with Gasteiger partial charge < -0.3 is 10.2 Å². The number of nitrogens with zero attached hydrogens (tertiary/aromatic N) is 2. The first-order valence-electron chi connectivity index (χ1n) is 13.2. The van der Waals surface area contributed by atoms with Crippen LogP contribution in [0.4, 0.5) is 5.69 Å². The number of anilines is 1. The molecule has 0 unspecified atom stereocenters. The van der Waals surface area contributed by atoms with Gasteiger partial charge in [-0.3, -0.25) is 13.9 Å². The first kappa shape index (κ1) is 29.9. The number of halogens is 2. The zero-order valence-corrected chi connectivity index (χ0v) is 24.8. The number of hydrogen-bond acceptors (Lipinski definition) is 4. The number of sulfonamides is 1. The van der Waals surface area contributed by atoms with Gasteiger partial charge in [-0.05, 0) is 74.7 Å². The molecule has 1 aliphatic carbocycles. The Balaban J connectivity index is 1.69. The predicted molar refractivity (Wildman–Crippen MR) is 159 cm³/mol. The number of carbonyl (C=O) groups is 2. The fraction of sp³-hybridized carbons (Fsp3) is 0.333. The summed E-state index contributed by atoms with van der Waals surface area (Å²) in [4.78, 5) is 28.7. The van der Waals surface area contributed by atoms with E-state index in [4.69, 9.17) is 23.2 Å². The number of carbonyl (C=O) groups excluding carboxylic acids is 2. The van der Waals surface area contributed by atoms with Crippen molar-refractivity contribution in [3.8, 4) is 0 Å². The van der Waals surface area contributed by atoms with Gasteiger partial charge in [-0.25, -0.2) is 8.42 Å². The molecule has 4 rings (SSSR count). The molecule has 1 saturated carbocycles. The molecule has 0 saturated heterocycles. The van der Waals surface area contributed by atoms with Crippen LogP contribution in [0.1, 0.15) is 43.7 Å². The topological polar surface area (TPSA) is 86.8 Å². The van der Waals surface area contributed by atoms with E-state index in [0.717, 1.165) is 35.6 Å². The van der Waals surface area contributed by atoms with Crippen LogP contribution in [0.25, 0.3) is 0 Å². The van der Waals surface area contributed by atoms with Gasteiger partial charge in [0.25, 0.3) is 10.0 Å². The molecule has 10 heteroatoms. The molecule has 0 heterocycles. The lowest BCUT2D eigenvalue weighted by molar-refractivity contribution is -0.139. The lowest BCUT2D eigenvalue weighted by atomic mass is 10.1. The SMILES string of the molecule is Cc1ccc(N(CC(=O)N(Cc2ccccc2Cl)[C@H](C)C(=O)NC2CCCC2)S(=O)(=O)c2ccc(Cl)cc2)cc1. The monoisotopic (exact) mass is 601 g/mol. The molecule has 2 amide bonds. The Hall–Kier alpha value is -3.07. The fourth-order valence-electron chi connectivity index (χ4n) is 4.76. The molecule has 3 aromatic rings. The molecule has 0 spiro atoms. The summed E-state index contributed by atoms with van der Waals surface area (Å²) in [5, 5.41) is 3.90. The minimum atomic E-state index is -4.16. The average Bonchev–Trinajstić information content (AvgIpc) is 3.44. The molecule has 0 bridgehead atoms. The largest absolute Gasteiger partial charge is 0.352 e. The maximum atomic E-state index is 14.0. The van der Waals surface area contributed by atoms with Gasteiger partial charge in [-0.15, -0.1) is 0 Å². The molecule has 0 radical (unpaired) electrons. The number of aryl methyl sites for hydroxylation is 1. The molecule has 1 N–H and O–H groups in total. The molecule has 1 fully saturated rings. The number of nitrogens with one attached hydrogen (secondary N) is 1. The fourth-order valence-corrected chi connectivity index (χ4v) is 6.49. The smallest absolute Gasteiger partial charge is 0.264 e. The third-order valence-electron chi connectivity index (χ3n) is 7.17. The van der Waals surface area contributed by atoms with Crippen molar-refractivity contribution in [3.05, 3.63) is 94.0 Å².